The van der Waals surface area contributed by atoms with Crippen LogP contribution in [0.3, 0.4) is 0 Å². The topological polar surface area (TPSA) is 72.7 Å². The molecule has 0 spiro atoms. The summed E-state index contributed by atoms with van der Waals surface area (Å²) >= 11 is 1.42. The molecule has 3 aromatic rings. The monoisotopic (exact) mass is 481 g/mol. The van der Waals surface area contributed by atoms with Gasteiger partial charge in [0.1, 0.15) is 17.3 Å². The molecule has 1 aliphatic heterocycles. The second-order valence-corrected chi connectivity index (χ2v) is 9.03. The van der Waals surface area contributed by atoms with Crippen LogP contribution in [-0.2, 0) is 11.3 Å². The fourth-order valence-corrected chi connectivity index (χ4v) is 4.85. The number of carbonyl (C=O) groups is 1. The van der Waals surface area contributed by atoms with Crippen LogP contribution in [0.1, 0.15) is 18.3 Å². The van der Waals surface area contributed by atoms with Crippen molar-refractivity contribution in [3.05, 3.63) is 59.9 Å². The van der Waals surface area contributed by atoms with Gasteiger partial charge in [-0.1, -0.05) is 23.9 Å². The van der Waals surface area contributed by atoms with Crippen molar-refractivity contribution in [3.63, 3.8) is 0 Å². The molecular weight excluding hydrogens is 450 g/mol. The highest BCUT2D eigenvalue weighted by molar-refractivity contribution is 7.99. The number of methoxy groups -OCH3 is 1. The molecule has 0 saturated carbocycles. The first-order valence-corrected chi connectivity index (χ1v) is 12.5. The number of piperazine rings is 1. The van der Waals surface area contributed by atoms with Gasteiger partial charge in [-0.3, -0.25) is 14.3 Å². The van der Waals surface area contributed by atoms with E-state index in [1.165, 1.54) is 17.3 Å². The van der Waals surface area contributed by atoms with Gasteiger partial charge in [-0.05, 0) is 55.8 Å². The molecule has 9 heteroatoms. The number of rotatable bonds is 9. The minimum Gasteiger partial charge on any atom is -0.497 e. The van der Waals surface area contributed by atoms with E-state index in [0.29, 0.717) is 17.5 Å². The normalized spacial score (nSPS) is 14.3. The summed E-state index contributed by atoms with van der Waals surface area (Å²) in [5.41, 5.74) is 2.20. The Labute approximate surface area is 204 Å². The summed E-state index contributed by atoms with van der Waals surface area (Å²) in [5.74, 6) is 2.95. The number of hydrogen-bond donors (Lipinski definition) is 0. The fourth-order valence-electron chi connectivity index (χ4n) is 3.95. The van der Waals surface area contributed by atoms with E-state index in [-0.39, 0.29) is 5.91 Å². The molecule has 1 fully saturated rings. The first kappa shape index (κ1) is 24.1. The predicted octanol–water partition coefficient (Wildman–Crippen LogP) is 3.42. The van der Waals surface area contributed by atoms with Crippen LogP contribution in [0.2, 0.25) is 0 Å². The van der Waals surface area contributed by atoms with E-state index in [4.69, 9.17) is 9.47 Å². The highest BCUT2D eigenvalue weighted by Gasteiger charge is 2.22. The zero-order valence-electron chi connectivity index (χ0n) is 19.9. The van der Waals surface area contributed by atoms with Crippen molar-refractivity contribution < 1.29 is 14.3 Å². The Kier molecular flexibility index (Phi) is 8.08. The summed E-state index contributed by atoms with van der Waals surface area (Å²) in [5, 5.41) is 9.21. The molecule has 0 aliphatic carbocycles. The van der Waals surface area contributed by atoms with Crippen molar-refractivity contribution in [2.75, 3.05) is 45.6 Å². The Morgan fingerprint density at radius 2 is 1.65 bits per heavy atom. The van der Waals surface area contributed by atoms with Gasteiger partial charge >= 0.3 is 0 Å². The van der Waals surface area contributed by atoms with Gasteiger partial charge in [-0.2, -0.15) is 0 Å². The Hall–Kier alpha value is -3.04. The third-order valence-corrected chi connectivity index (χ3v) is 6.73. The van der Waals surface area contributed by atoms with Crippen molar-refractivity contribution in [2.45, 2.75) is 25.5 Å². The van der Waals surface area contributed by atoms with Crippen molar-refractivity contribution in [1.82, 2.24) is 24.6 Å². The van der Waals surface area contributed by atoms with Crippen LogP contribution in [0.4, 0.5) is 0 Å². The number of aromatic nitrogens is 3. The Morgan fingerprint density at radius 3 is 2.29 bits per heavy atom. The third-order valence-electron chi connectivity index (χ3n) is 5.82. The molecule has 0 bridgehead atoms. The Morgan fingerprint density at radius 1 is 0.971 bits per heavy atom. The highest BCUT2D eigenvalue weighted by atomic mass is 32.2. The van der Waals surface area contributed by atoms with Crippen LogP contribution < -0.4 is 9.47 Å². The molecule has 0 radical (unpaired) electrons. The number of carbonyl (C=O) groups excluding carboxylic acids is 1. The van der Waals surface area contributed by atoms with Crippen LogP contribution in [-0.4, -0.2) is 76.1 Å². The van der Waals surface area contributed by atoms with Gasteiger partial charge in [0.25, 0.3) is 0 Å². The van der Waals surface area contributed by atoms with Crippen LogP contribution in [0.5, 0.6) is 11.5 Å². The Balaban J connectivity index is 1.28. The molecule has 34 heavy (non-hydrogen) atoms. The van der Waals surface area contributed by atoms with E-state index < -0.39 is 0 Å². The van der Waals surface area contributed by atoms with Crippen molar-refractivity contribution >= 4 is 17.7 Å². The number of ether oxygens (including phenoxy) is 2. The first-order valence-electron chi connectivity index (χ1n) is 11.5. The SMILES string of the molecule is CCOc1ccc(CN2CCN(C(=O)CSc3nnc(C)n3-c3ccc(OC)cc3)CC2)cc1. The molecule has 0 atom stereocenters. The average Bonchev–Trinajstić information content (AvgIpc) is 3.24. The Bertz CT molecular complexity index is 1080. The molecular formula is C25H31N5O3S. The van der Waals surface area contributed by atoms with E-state index in [9.17, 15) is 4.79 Å². The van der Waals surface area contributed by atoms with Gasteiger partial charge in [-0.25, -0.2) is 0 Å². The van der Waals surface area contributed by atoms with Crippen molar-refractivity contribution in [2.24, 2.45) is 0 Å². The molecule has 180 valence electrons. The lowest BCUT2D eigenvalue weighted by Crippen LogP contribution is -2.48. The maximum Gasteiger partial charge on any atom is 0.233 e. The molecule has 0 N–H and O–H groups in total. The molecule has 1 amide bonds. The van der Waals surface area contributed by atoms with E-state index in [1.54, 1.807) is 7.11 Å². The fraction of sp³-hybridized carbons (Fsp3) is 0.400. The number of nitrogens with zero attached hydrogens (tertiary/aromatic N) is 5. The van der Waals surface area contributed by atoms with E-state index in [2.05, 4.69) is 27.2 Å². The molecule has 1 aliphatic rings. The number of amides is 1. The summed E-state index contributed by atoms with van der Waals surface area (Å²) < 4.78 is 12.7. The van der Waals surface area contributed by atoms with Gasteiger partial charge < -0.3 is 14.4 Å². The maximum absolute atomic E-state index is 12.9. The second-order valence-electron chi connectivity index (χ2n) is 8.09. The quantitative estimate of drug-likeness (QED) is 0.434. The van der Waals surface area contributed by atoms with E-state index >= 15 is 0 Å². The predicted molar refractivity (Wildman–Crippen MR) is 133 cm³/mol. The largest absolute Gasteiger partial charge is 0.497 e. The van der Waals surface area contributed by atoms with E-state index in [1.807, 2.05) is 59.7 Å². The van der Waals surface area contributed by atoms with Crippen LogP contribution in [0, 0.1) is 6.92 Å². The number of hydrogen-bond acceptors (Lipinski definition) is 7. The van der Waals surface area contributed by atoms with Gasteiger partial charge in [0.05, 0.1) is 19.5 Å². The number of benzene rings is 2. The number of thioether (sulfide) groups is 1. The van der Waals surface area contributed by atoms with Gasteiger partial charge in [0.2, 0.25) is 5.91 Å². The molecule has 1 saturated heterocycles. The molecule has 1 aromatic heterocycles. The summed E-state index contributed by atoms with van der Waals surface area (Å²) in [6, 6.07) is 16.0. The van der Waals surface area contributed by atoms with E-state index in [0.717, 1.165) is 55.7 Å². The number of aryl methyl sites for hydroxylation is 1. The minimum absolute atomic E-state index is 0.132. The first-order chi connectivity index (χ1) is 16.6. The molecule has 0 unspecified atom stereocenters. The van der Waals surface area contributed by atoms with Gasteiger partial charge in [0.15, 0.2) is 5.16 Å². The lowest BCUT2D eigenvalue weighted by atomic mass is 10.2. The smallest absolute Gasteiger partial charge is 0.233 e. The average molecular weight is 482 g/mol. The lowest BCUT2D eigenvalue weighted by molar-refractivity contribution is -0.130. The molecule has 4 rings (SSSR count). The summed E-state index contributed by atoms with van der Waals surface area (Å²) in [6.07, 6.45) is 0. The van der Waals surface area contributed by atoms with Crippen LogP contribution in [0.25, 0.3) is 5.69 Å². The third kappa shape index (κ3) is 5.90. The summed E-state index contributed by atoms with van der Waals surface area (Å²) in [6.45, 7) is 8.66. The second kappa shape index (κ2) is 11.4. The highest BCUT2D eigenvalue weighted by Crippen LogP contribution is 2.24. The van der Waals surface area contributed by atoms with Crippen molar-refractivity contribution in [3.8, 4) is 17.2 Å². The summed E-state index contributed by atoms with van der Waals surface area (Å²) in [4.78, 5) is 17.2. The van der Waals surface area contributed by atoms with Crippen molar-refractivity contribution in [1.29, 1.82) is 0 Å². The zero-order chi connectivity index (χ0) is 23.9. The molecule has 2 aromatic carbocycles. The standard InChI is InChI=1S/C25H31N5O3S/c1-4-33-23-9-5-20(6-10-23)17-28-13-15-29(16-14-28)24(31)18-34-25-27-26-19(2)30(25)21-7-11-22(32-3)12-8-21/h5-12H,4,13-18H2,1-3H3. The van der Waals surface area contributed by atoms with Gasteiger partial charge in [-0.15, -0.1) is 10.2 Å². The van der Waals surface area contributed by atoms with Crippen LogP contribution >= 0.6 is 11.8 Å². The summed E-state index contributed by atoms with van der Waals surface area (Å²) in [7, 11) is 1.64. The molecule has 8 nitrogen and oxygen atoms in total. The van der Waals surface area contributed by atoms with Gasteiger partial charge in [0, 0.05) is 38.4 Å². The zero-order valence-corrected chi connectivity index (χ0v) is 20.8. The van der Waals surface area contributed by atoms with Crippen LogP contribution in [0.15, 0.2) is 53.7 Å². The molecule has 2 heterocycles. The minimum atomic E-state index is 0.132. The maximum atomic E-state index is 12.9. The lowest BCUT2D eigenvalue weighted by Gasteiger charge is -2.34.